The minimum atomic E-state index is -0.120. The molecule has 0 aliphatic heterocycles. The second kappa shape index (κ2) is 8.32. The molecule has 0 saturated heterocycles. The maximum atomic E-state index is 12.2. The lowest BCUT2D eigenvalue weighted by molar-refractivity contribution is 0.103. The van der Waals surface area contributed by atoms with Gasteiger partial charge in [-0.1, -0.05) is 41.4 Å². The zero-order chi connectivity index (χ0) is 19.5. The third kappa shape index (κ3) is 4.36. The maximum absolute atomic E-state index is 12.2. The number of nitrogens with one attached hydrogen (secondary N) is 2. The van der Waals surface area contributed by atoms with Crippen LogP contribution in [0.15, 0.2) is 65.4 Å². The molecule has 28 heavy (non-hydrogen) atoms. The molecule has 2 N–H and O–H groups in total. The molecule has 4 aromatic rings. The number of nitrogens with zero attached hydrogens (tertiary/aromatic N) is 1. The third-order valence-electron chi connectivity index (χ3n) is 3.84. The number of hydrogen-bond donors (Lipinski definition) is 2. The van der Waals surface area contributed by atoms with E-state index in [4.69, 9.17) is 23.2 Å². The molecule has 0 bridgehead atoms. The number of hydrogen-bond acceptors (Lipinski definition) is 5. The number of carbonyl (C=O) groups excluding carboxylic acids is 1. The van der Waals surface area contributed by atoms with E-state index in [0.717, 1.165) is 22.6 Å². The third-order valence-corrected chi connectivity index (χ3v) is 6.01. The Bertz CT molecular complexity index is 1130. The van der Waals surface area contributed by atoms with Crippen LogP contribution in [0.2, 0.25) is 10.0 Å². The lowest BCUT2D eigenvalue weighted by atomic mass is 10.1. The Balaban J connectivity index is 1.51. The van der Waals surface area contributed by atoms with Crippen LogP contribution in [0, 0.1) is 0 Å². The van der Waals surface area contributed by atoms with Crippen molar-refractivity contribution in [3.63, 3.8) is 0 Å². The molecular formula is C20H13Cl2N3OS2. The van der Waals surface area contributed by atoms with Crippen LogP contribution in [0.25, 0.3) is 11.3 Å². The highest BCUT2D eigenvalue weighted by atomic mass is 35.5. The molecule has 1 amide bonds. The number of thiophene rings is 1. The van der Waals surface area contributed by atoms with Crippen molar-refractivity contribution in [1.29, 1.82) is 0 Å². The molecule has 0 aliphatic carbocycles. The molecule has 8 heteroatoms. The number of amides is 1. The van der Waals surface area contributed by atoms with Crippen LogP contribution >= 0.6 is 45.9 Å². The fourth-order valence-electron chi connectivity index (χ4n) is 2.53. The Morgan fingerprint density at radius 3 is 2.68 bits per heavy atom. The SMILES string of the molecule is O=C(Nc1cccc(-c2csc(Nc3ccc(Cl)cc3Cl)n2)c1)c1cccs1. The molecule has 2 aromatic heterocycles. The Morgan fingerprint density at radius 1 is 1.00 bits per heavy atom. The smallest absolute Gasteiger partial charge is 0.265 e. The first-order valence-electron chi connectivity index (χ1n) is 8.21. The van der Waals surface area contributed by atoms with Gasteiger partial charge < -0.3 is 10.6 Å². The first kappa shape index (κ1) is 19.0. The molecule has 2 heterocycles. The van der Waals surface area contributed by atoms with Crippen LogP contribution < -0.4 is 10.6 Å². The average Bonchev–Trinajstić information content (AvgIpc) is 3.36. The molecule has 2 aromatic carbocycles. The van der Waals surface area contributed by atoms with Gasteiger partial charge in [-0.05, 0) is 41.8 Å². The highest BCUT2D eigenvalue weighted by molar-refractivity contribution is 7.14. The van der Waals surface area contributed by atoms with Gasteiger partial charge in [0, 0.05) is 21.7 Å². The number of anilines is 3. The van der Waals surface area contributed by atoms with Crippen molar-refractivity contribution in [2.24, 2.45) is 0 Å². The normalized spacial score (nSPS) is 10.6. The highest BCUT2D eigenvalue weighted by Crippen LogP contribution is 2.32. The molecule has 0 radical (unpaired) electrons. The second-order valence-electron chi connectivity index (χ2n) is 5.80. The van der Waals surface area contributed by atoms with E-state index in [1.165, 1.54) is 22.7 Å². The van der Waals surface area contributed by atoms with Crippen molar-refractivity contribution in [1.82, 2.24) is 4.98 Å². The van der Waals surface area contributed by atoms with Crippen LogP contribution in [-0.2, 0) is 0 Å². The predicted octanol–water partition coefficient (Wildman–Crippen LogP) is 7.17. The van der Waals surface area contributed by atoms with Crippen molar-refractivity contribution in [2.45, 2.75) is 0 Å². The lowest BCUT2D eigenvalue weighted by Crippen LogP contribution is -2.09. The topological polar surface area (TPSA) is 54.0 Å². The molecule has 4 nitrogen and oxygen atoms in total. The van der Waals surface area contributed by atoms with Crippen molar-refractivity contribution in [3.8, 4) is 11.3 Å². The highest BCUT2D eigenvalue weighted by Gasteiger charge is 2.10. The van der Waals surface area contributed by atoms with Crippen molar-refractivity contribution < 1.29 is 4.79 Å². The van der Waals surface area contributed by atoms with Gasteiger partial charge in [-0.15, -0.1) is 22.7 Å². The Kier molecular flexibility index (Phi) is 5.64. The van der Waals surface area contributed by atoms with E-state index < -0.39 is 0 Å². The summed E-state index contributed by atoms with van der Waals surface area (Å²) in [6.07, 6.45) is 0. The van der Waals surface area contributed by atoms with Gasteiger partial charge in [0.1, 0.15) is 0 Å². The molecule has 0 saturated carbocycles. The summed E-state index contributed by atoms with van der Waals surface area (Å²) in [5.41, 5.74) is 3.18. The van der Waals surface area contributed by atoms with E-state index in [9.17, 15) is 4.79 Å². The molecule has 140 valence electrons. The van der Waals surface area contributed by atoms with E-state index in [1.807, 2.05) is 47.2 Å². The van der Waals surface area contributed by atoms with Crippen molar-refractivity contribution >= 4 is 68.3 Å². The van der Waals surface area contributed by atoms with Gasteiger partial charge in [0.15, 0.2) is 5.13 Å². The summed E-state index contributed by atoms with van der Waals surface area (Å²) >= 11 is 15.0. The summed E-state index contributed by atoms with van der Waals surface area (Å²) in [5, 5.41) is 11.8. The van der Waals surface area contributed by atoms with Gasteiger partial charge in [-0.25, -0.2) is 4.98 Å². The average molecular weight is 446 g/mol. The van der Waals surface area contributed by atoms with Crippen molar-refractivity contribution in [3.05, 3.63) is 80.3 Å². The van der Waals surface area contributed by atoms with E-state index in [0.29, 0.717) is 20.1 Å². The van der Waals surface area contributed by atoms with Gasteiger partial charge in [-0.2, -0.15) is 0 Å². The monoisotopic (exact) mass is 445 g/mol. The number of benzene rings is 2. The lowest BCUT2D eigenvalue weighted by Gasteiger charge is -2.06. The van der Waals surface area contributed by atoms with Crippen LogP contribution in [0.4, 0.5) is 16.5 Å². The van der Waals surface area contributed by atoms with Crippen LogP contribution in [0.5, 0.6) is 0 Å². The fourth-order valence-corrected chi connectivity index (χ4v) is 4.33. The fraction of sp³-hybridized carbons (Fsp3) is 0. The first-order chi connectivity index (χ1) is 13.6. The number of thiazole rings is 1. The van der Waals surface area contributed by atoms with Gasteiger partial charge in [-0.3, -0.25) is 4.79 Å². The molecule has 0 aliphatic rings. The summed E-state index contributed by atoms with van der Waals surface area (Å²) in [6.45, 7) is 0. The number of carbonyl (C=O) groups is 1. The first-order valence-corrected chi connectivity index (χ1v) is 10.7. The molecular weight excluding hydrogens is 433 g/mol. The largest absolute Gasteiger partial charge is 0.330 e. The van der Waals surface area contributed by atoms with E-state index in [-0.39, 0.29) is 5.91 Å². The molecule has 4 rings (SSSR count). The maximum Gasteiger partial charge on any atom is 0.265 e. The summed E-state index contributed by atoms with van der Waals surface area (Å²) in [5.74, 6) is -0.120. The second-order valence-corrected chi connectivity index (χ2v) is 8.45. The van der Waals surface area contributed by atoms with Gasteiger partial charge in [0.05, 0.1) is 21.3 Å². The summed E-state index contributed by atoms with van der Waals surface area (Å²) < 4.78 is 0. The quantitative estimate of drug-likeness (QED) is 0.342. The molecule has 0 atom stereocenters. The number of halogens is 2. The number of rotatable bonds is 5. The standard InChI is InChI=1S/C20H13Cl2N3OS2/c21-13-6-7-16(15(22)10-13)24-20-25-17(11-28-20)12-3-1-4-14(9-12)23-19(26)18-5-2-8-27-18/h1-11H,(H,23,26)(H,24,25). The van der Waals surface area contributed by atoms with Crippen LogP contribution in [0.1, 0.15) is 9.67 Å². The summed E-state index contributed by atoms with van der Waals surface area (Å²) in [7, 11) is 0. The Labute approximate surface area is 179 Å². The minimum Gasteiger partial charge on any atom is -0.330 e. The molecule has 0 unspecified atom stereocenters. The molecule has 0 fully saturated rings. The van der Waals surface area contributed by atoms with Gasteiger partial charge in [0.2, 0.25) is 0 Å². The van der Waals surface area contributed by atoms with Crippen LogP contribution in [0.3, 0.4) is 0 Å². The minimum absolute atomic E-state index is 0.120. The Morgan fingerprint density at radius 2 is 1.89 bits per heavy atom. The van der Waals surface area contributed by atoms with E-state index >= 15 is 0 Å². The molecule has 0 spiro atoms. The number of aromatic nitrogens is 1. The predicted molar refractivity (Wildman–Crippen MR) is 120 cm³/mol. The summed E-state index contributed by atoms with van der Waals surface area (Å²) in [4.78, 5) is 17.5. The summed E-state index contributed by atoms with van der Waals surface area (Å²) in [6, 6.07) is 16.5. The van der Waals surface area contributed by atoms with Crippen LogP contribution in [-0.4, -0.2) is 10.9 Å². The zero-order valence-electron chi connectivity index (χ0n) is 14.3. The van der Waals surface area contributed by atoms with Gasteiger partial charge in [0.25, 0.3) is 5.91 Å². The van der Waals surface area contributed by atoms with E-state index in [2.05, 4.69) is 15.6 Å². The van der Waals surface area contributed by atoms with Crippen molar-refractivity contribution in [2.75, 3.05) is 10.6 Å². The van der Waals surface area contributed by atoms with Gasteiger partial charge >= 0.3 is 0 Å². The van der Waals surface area contributed by atoms with E-state index in [1.54, 1.807) is 18.2 Å². The zero-order valence-corrected chi connectivity index (χ0v) is 17.4. The Hall–Kier alpha value is -2.38.